The number of hydrogen-bond acceptors (Lipinski definition) is 5. The highest BCUT2D eigenvalue weighted by molar-refractivity contribution is 9.10. The number of rotatable bonds is 9. The summed E-state index contributed by atoms with van der Waals surface area (Å²) in [4.78, 5) is 20.1. The van der Waals surface area contributed by atoms with Crippen molar-refractivity contribution in [2.24, 2.45) is 0 Å². The molecule has 0 unspecified atom stereocenters. The molecule has 0 saturated carbocycles. The van der Waals surface area contributed by atoms with Gasteiger partial charge in [-0.1, -0.05) is 18.2 Å². The molecule has 36 heavy (non-hydrogen) atoms. The Labute approximate surface area is 220 Å². The average molecular weight is 558 g/mol. The van der Waals surface area contributed by atoms with E-state index in [1.54, 1.807) is 13.2 Å². The van der Waals surface area contributed by atoms with E-state index < -0.39 is 0 Å². The average Bonchev–Trinajstić information content (AvgIpc) is 3.19. The molecular formula is C27H33BrFN5O2. The van der Waals surface area contributed by atoms with Gasteiger partial charge >= 0.3 is 0 Å². The maximum absolute atomic E-state index is 14.2. The zero-order valence-corrected chi connectivity index (χ0v) is 22.7. The van der Waals surface area contributed by atoms with Crippen LogP contribution < -0.4 is 4.90 Å². The van der Waals surface area contributed by atoms with Crippen LogP contribution in [0.25, 0.3) is 5.69 Å². The van der Waals surface area contributed by atoms with E-state index in [0.717, 1.165) is 47.7 Å². The minimum absolute atomic E-state index is 0.0548. The number of carbonyl (C=O) groups is 1. The van der Waals surface area contributed by atoms with E-state index in [1.807, 2.05) is 46.8 Å². The third-order valence-corrected chi connectivity index (χ3v) is 7.22. The van der Waals surface area contributed by atoms with Crippen LogP contribution in [0.1, 0.15) is 28.0 Å². The normalized spacial score (nSPS) is 14.3. The molecule has 7 nitrogen and oxygen atoms in total. The second-order valence-electron chi connectivity index (χ2n) is 9.12. The Hall–Kier alpha value is -2.75. The molecule has 3 aromatic rings. The van der Waals surface area contributed by atoms with Crippen LogP contribution in [0.4, 0.5) is 10.2 Å². The van der Waals surface area contributed by atoms with Gasteiger partial charge in [0.05, 0.1) is 23.5 Å². The van der Waals surface area contributed by atoms with Gasteiger partial charge in [-0.2, -0.15) is 5.10 Å². The molecule has 9 heteroatoms. The third kappa shape index (κ3) is 5.96. The van der Waals surface area contributed by atoms with Crippen molar-refractivity contribution in [2.45, 2.75) is 19.9 Å². The van der Waals surface area contributed by atoms with Crippen LogP contribution in [0.5, 0.6) is 0 Å². The SMILES string of the molecule is COCCCN(Cc1c(C)nn(-c2cccc(F)c2)c1N1CCN(C)CC1)C(=O)c1ccccc1Br. The Morgan fingerprint density at radius 2 is 1.89 bits per heavy atom. The van der Waals surface area contributed by atoms with Gasteiger partial charge in [0.25, 0.3) is 5.91 Å². The summed E-state index contributed by atoms with van der Waals surface area (Å²) in [6.07, 6.45) is 0.716. The van der Waals surface area contributed by atoms with Gasteiger partial charge < -0.3 is 19.4 Å². The zero-order chi connectivity index (χ0) is 25.7. The monoisotopic (exact) mass is 557 g/mol. The van der Waals surface area contributed by atoms with E-state index in [9.17, 15) is 9.18 Å². The predicted molar refractivity (Wildman–Crippen MR) is 143 cm³/mol. The number of methoxy groups -OCH3 is 1. The van der Waals surface area contributed by atoms with Crippen LogP contribution in [0.2, 0.25) is 0 Å². The fourth-order valence-corrected chi connectivity index (χ4v) is 4.97. The molecule has 0 radical (unpaired) electrons. The van der Waals surface area contributed by atoms with Gasteiger partial charge in [-0.05, 0) is 66.7 Å². The smallest absolute Gasteiger partial charge is 0.255 e. The first-order valence-electron chi connectivity index (χ1n) is 12.2. The van der Waals surface area contributed by atoms with Crippen LogP contribution in [0, 0.1) is 12.7 Å². The molecule has 0 aliphatic carbocycles. The summed E-state index contributed by atoms with van der Waals surface area (Å²) in [7, 11) is 3.78. The summed E-state index contributed by atoms with van der Waals surface area (Å²) >= 11 is 3.53. The van der Waals surface area contributed by atoms with Crippen molar-refractivity contribution in [3.63, 3.8) is 0 Å². The van der Waals surface area contributed by atoms with Crippen molar-refractivity contribution in [1.82, 2.24) is 19.6 Å². The van der Waals surface area contributed by atoms with Gasteiger partial charge in [0.2, 0.25) is 0 Å². The Morgan fingerprint density at radius 1 is 1.14 bits per heavy atom. The number of benzene rings is 2. The van der Waals surface area contributed by atoms with Gasteiger partial charge in [-0.15, -0.1) is 0 Å². The maximum atomic E-state index is 14.2. The van der Waals surface area contributed by atoms with E-state index in [-0.39, 0.29) is 11.7 Å². The predicted octanol–water partition coefficient (Wildman–Crippen LogP) is 4.51. The summed E-state index contributed by atoms with van der Waals surface area (Å²) in [6, 6.07) is 14.0. The number of piperazine rings is 1. The number of aryl methyl sites for hydroxylation is 1. The Balaban J connectivity index is 1.75. The molecular weight excluding hydrogens is 525 g/mol. The molecule has 0 bridgehead atoms. The fourth-order valence-electron chi connectivity index (χ4n) is 4.51. The van der Waals surface area contributed by atoms with Crippen molar-refractivity contribution in [1.29, 1.82) is 0 Å². The molecule has 1 aliphatic rings. The lowest BCUT2D eigenvalue weighted by Crippen LogP contribution is -2.45. The number of aromatic nitrogens is 2. The van der Waals surface area contributed by atoms with Gasteiger partial charge in [0, 0.05) is 56.5 Å². The molecule has 2 heterocycles. The topological polar surface area (TPSA) is 53.8 Å². The highest BCUT2D eigenvalue weighted by Crippen LogP contribution is 2.31. The van der Waals surface area contributed by atoms with E-state index >= 15 is 0 Å². The van der Waals surface area contributed by atoms with Gasteiger partial charge in [-0.25, -0.2) is 9.07 Å². The second-order valence-corrected chi connectivity index (χ2v) is 9.98. The summed E-state index contributed by atoms with van der Waals surface area (Å²) in [5.74, 6) is 0.556. The van der Waals surface area contributed by atoms with Crippen LogP contribution in [-0.4, -0.2) is 79.0 Å². The van der Waals surface area contributed by atoms with Crippen LogP contribution in [0.3, 0.4) is 0 Å². The van der Waals surface area contributed by atoms with E-state index in [1.165, 1.54) is 12.1 Å². The minimum Gasteiger partial charge on any atom is -0.385 e. The lowest BCUT2D eigenvalue weighted by molar-refractivity contribution is 0.0722. The Bertz CT molecular complexity index is 1190. The van der Waals surface area contributed by atoms with Gasteiger partial charge in [-0.3, -0.25) is 4.79 Å². The molecule has 1 aliphatic heterocycles. The van der Waals surface area contributed by atoms with E-state index in [0.29, 0.717) is 37.4 Å². The van der Waals surface area contributed by atoms with Crippen LogP contribution >= 0.6 is 15.9 Å². The molecule has 0 spiro atoms. The first-order valence-corrected chi connectivity index (χ1v) is 13.0. The minimum atomic E-state index is -0.308. The van der Waals surface area contributed by atoms with Crippen molar-refractivity contribution in [2.75, 3.05) is 58.4 Å². The van der Waals surface area contributed by atoms with Gasteiger partial charge in [0.15, 0.2) is 0 Å². The largest absolute Gasteiger partial charge is 0.385 e. The third-order valence-electron chi connectivity index (χ3n) is 6.53. The summed E-state index contributed by atoms with van der Waals surface area (Å²) in [5, 5.41) is 4.84. The highest BCUT2D eigenvalue weighted by atomic mass is 79.9. The zero-order valence-electron chi connectivity index (χ0n) is 21.1. The number of likely N-dealkylation sites (N-methyl/N-ethyl adjacent to an activating group) is 1. The number of hydrogen-bond donors (Lipinski definition) is 0. The van der Waals surface area contributed by atoms with Crippen LogP contribution in [0.15, 0.2) is 53.0 Å². The maximum Gasteiger partial charge on any atom is 0.255 e. The first kappa shape index (κ1) is 26.3. The van der Waals surface area contributed by atoms with E-state index in [4.69, 9.17) is 9.84 Å². The summed E-state index contributed by atoms with van der Waals surface area (Å²) in [5.41, 5.74) is 3.08. The van der Waals surface area contributed by atoms with Crippen molar-refractivity contribution < 1.29 is 13.9 Å². The summed E-state index contributed by atoms with van der Waals surface area (Å²) < 4.78 is 22.0. The lowest BCUT2D eigenvalue weighted by Gasteiger charge is -2.35. The quantitative estimate of drug-likeness (QED) is 0.362. The van der Waals surface area contributed by atoms with Crippen molar-refractivity contribution in [3.8, 4) is 5.69 Å². The van der Waals surface area contributed by atoms with Crippen LogP contribution in [-0.2, 0) is 11.3 Å². The first-order chi connectivity index (χ1) is 17.4. The van der Waals surface area contributed by atoms with E-state index in [2.05, 4.69) is 32.8 Å². The Morgan fingerprint density at radius 3 is 2.58 bits per heavy atom. The van der Waals surface area contributed by atoms with Crippen molar-refractivity contribution >= 4 is 27.7 Å². The number of nitrogens with zero attached hydrogens (tertiary/aromatic N) is 5. The number of amides is 1. The molecule has 2 aromatic carbocycles. The number of halogens is 2. The molecule has 192 valence electrons. The molecule has 1 fully saturated rings. The molecule has 4 rings (SSSR count). The Kier molecular flexibility index (Phi) is 8.77. The van der Waals surface area contributed by atoms with Crippen molar-refractivity contribution in [3.05, 3.63) is 75.6 Å². The molecule has 0 N–H and O–H groups in total. The fraction of sp³-hybridized carbons (Fsp3) is 0.407. The molecule has 1 saturated heterocycles. The highest BCUT2D eigenvalue weighted by Gasteiger charge is 2.28. The molecule has 1 aromatic heterocycles. The summed E-state index contributed by atoms with van der Waals surface area (Å²) in [6.45, 7) is 6.94. The number of anilines is 1. The lowest BCUT2D eigenvalue weighted by atomic mass is 10.1. The van der Waals surface area contributed by atoms with Gasteiger partial charge in [0.1, 0.15) is 11.6 Å². The number of carbonyl (C=O) groups excluding carboxylic acids is 1. The number of ether oxygens (including phenoxy) is 1. The second kappa shape index (κ2) is 12.0. The molecule has 1 amide bonds. The molecule has 0 atom stereocenters. The standard InChI is InChI=1S/C27H33BrFN5O2/c1-20-24(19-33(12-7-17-36-3)27(35)23-10-4-5-11-25(23)28)26(32-15-13-31(2)14-16-32)34(30-20)22-9-6-8-21(29)18-22/h4-6,8-11,18H,7,12-17,19H2,1-3H3.